The Balaban J connectivity index is 1.61. The van der Waals surface area contributed by atoms with Crippen molar-refractivity contribution in [3.63, 3.8) is 0 Å². The minimum absolute atomic E-state index is 0.0707. The number of nitrogens with zero attached hydrogens (tertiary/aromatic N) is 1. The summed E-state index contributed by atoms with van der Waals surface area (Å²) in [5.74, 6) is -4.89. The van der Waals surface area contributed by atoms with E-state index < -0.39 is 70.0 Å². The number of nitrogens with one attached hydrogen (secondary N) is 2. The van der Waals surface area contributed by atoms with Crippen LogP contribution in [0.3, 0.4) is 0 Å². The molecule has 224 valence electrons. The number of sulfonamides is 1. The predicted molar refractivity (Wildman–Crippen MR) is 133 cm³/mol. The van der Waals surface area contributed by atoms with Gasteiger partial charge in [-0.15, -0.1) is 0 Å². The van der Waals surface area contributed by atoms with Crippen molar-refractivity contribution in [3.8, 4) is 5.75 Å². The summed E-state index contributed by atoms with van der Waals surface area (Å²) >= 11 is 0. The van der Waals surface area contributed by atoms with Gasteiger partial charge >= 0.3 is 12.3 Å². The van der Waals surface area contributed by atoms with E-state index in [2.05, 4.69) is 15.4 Å². The average molecular weight is 610 g/mol. The first kappa shape index (κ1) is 30.3. The molecule has 2 aromatic rings. The van der Waals surface area contributed by atoms with Crippen LogP contribution in [0.1, 0.15) is 27.2 Å². The lowest BCUT2D eigenvalue weighted by molar-refractivity contribution is -0.242. The first-order valence-corrected chi connectivity index (χ1v) is 13.5. The van der Waals surface area contributed by atoms with Gasteiger partial charge in [-0.1, -0.05) is 0 Å². The molecular formula is C25H25F6N3O6S. The van der Waals surface area contributed by atoms with Crippen molar-refractivity contribution in [1.29, 1.82) is 0 Å². The Labute approximate surface area is 230 Å². The van der Waals surface area contributed by atoms with Gasteiger partial charge in [0.1, 0.15) is 23.1 Å². The molecule has 1 saturated carbocycles. The molecule has 16 heteroatoms. The molecule has 9 nitrogen and oxygen atoms in total. The minimum Gasteiger partial charge on any atom is -0.484 e. The van der Waals surface area contributed by atoms with E-state index in [0.717, 1.165) is 41.6 Å². The Morgan fingerprint density at radius 3 is 2.29 bits per heavy atom. The molecule has 0 aromatic heterocycles. The molecule has 4 rings (SSSR count). The van der Waals surface area contributed by atoms with E-state index in [1.165, 1.54) is 12.1 Å². The van der Waals surface area contributed by atoms with E-state index in [-0.39, 0.29) is 28.6 Å². The molecule has 0 spiro atoms. The standard InChI is InChI=1S/C25H25F6N3O6S/c1-22(2,25(29,30)31)40-21(36)33-15-6-9-19-18(10-15)34(41(37,38)17-7-4-14(26)5-8-17)12-16(39-19)11-32-20(35)23(3)13-24(23,27)28/h4-10,16H,11-13H2,1-3H3,(H,32,35)(H,33,36)/t16-,23?/m0/s1. The van der Waals surface area contributed by atoms with Crippen molar-refractivity contribution in [2.45, 2.75) is 55.9 Å². The first-order valence-electron chi connectivity index (χ1n) is 12.1. The average Bonchev–Trinajstić information content (AvgIpc) is 3.39. The number of rotatable bonds is 7. The zero-order chi connectivity index (χ0) is 30.6. The Bertz CT molecular complexity index is 1470. The second-order valence-electron chi connectivity index (χ2n) is 10.4. The van der Waals surface area contributed by atoms with Crippen LogP contribution in [-0.4, -0.2) is 57.3 Å². The summed E-state index contributed by atoms with van der Waals surface area (Å²) in [7, 11) is -4.43. The Hall–Kier alpha value is -3.69. The highest BCUT2D eigenvalue weighted by molar-refractivity contribution is 7.92. The molecule has 0 saturated heterocycles. The van der Waals surface area contributed by atoms with Crippen LogP contribution in [0, 0.1) is 11.2 Å². The lowest BCUT2D eigenvalue weighted by atomic mass is 10.1. The first-order chi connectivity index (χ1) is 18.8. The summed E-state index contributed by atoms with van der Waals surface area (Å²) in [6, 6.07) is 7.38. The third-order valence-electron chi connectivity index (χ3n) is 6.82. The molecule has 2 aromatic carbocycles. The molecule has 0 radical (unpaired) electrons. The van der Waals surface area contributed by atoms with Gasteiger partial charge in [0.05, 0.1) is 23.7 Å². The monoisotopic (exact) mass is 609 g/mol. The number of halogens is 6. The summed E-state index contributed by atoms with van der Waals surface area (Å²) in [6.45, 7) is 1.59. The van der Waals surface area contributed by atoms with Crippen LogP contribution in [0.2, 0.25) is 0 Å². The highest BCUT2D eigenvalue weighted by Crippen LogP contribution is 2.60. The van der Waals surface area contributed by atoms with Gasteiger partial charge in [0.25, 0.3) is 15.9 Å². The number of hydrogen-bond donors (Lipinski definition) is 2. The molecule has 1 unspecified atom stereocenters. The molecular weight excluding hydrogens is 584 g/mol. The van der Waals surface area contributed by atoms with Gasteiger partial charge in [0.2, 0.25) is 11.5 Å². The van der Waals surface area contributed by atoms with Crippen LogP contribution in [0.25, 0.3) is 0 Å². The molecule has 2 atom stereocenters. The molecule has 0 bridgehead atoms. The van der Waals surface area contributed by atoms with Crippen molar-refractivity contribution in [2.75, 3.05) is 22.7 Å². The summed E-state index contributed by atoms with van der Waals surface area (Å²) in [4.78, 5) is 24.2. The van der Waals surface area contributed by atoms with Crippen LogP contribution in [0.15, 0.2) is 47.4 Å². The third-order valence-corrected chi connectivity index (χ3v) is 8.61. The van der Waals surface area contributed by atoms with Crippen LogP contribution in [0.4, 0.5) is 42.5 Å². The van der Waals surface area contributed by atoms with Gasteiger partial charge in [-0.3, -0.25) is 14.4 Å². The number of benzene rings is 2. The van der Waals surface area contributed by atoms with Gasteiger partial charge in [-0.05, 0) is 63.2 Å². The second kappa shape index (κ2) is 9.99. The number of amides is 2. The van der Waals surface area contributed by atoms with Gasteiger partial charge in [0, 0.05) is 12.1 Å². The molecule has 1 aliphatic heterocycles. The zero-order valence-electron chi connectivity index (χ0n) is 21.8. The summed E-state index contributed by atoms with van der Waals surface area (Å²) in [5.41, 5.74) is -5.02. The third kappa shape index (κ3) is 5.87. The number of carbonyl (C=O) groups is 2. The summed E-state index contributed by atoms with van der Waals surface area (Å²) in [6.07, 6.45) is -8.04. The number of alkyl halides is 5. The van der Waals surface area contributed by atoms with Crippen LogP contribution in [0.5, 0.6) is 5.75 Å². The molecule has 2 amide bonds. The van der Waals surface area contributed by atoms with Crippen molar-refractivity contribution in [3.05, 3.63) is 48.3 Å². The maximum Gasteiger partial charge on any atom is 0.427 e. The fourth-order valence-corrected chi connectivity index (χ4v) is 5.44. The van der Waals surface area contributed by atoms with Gasteiger partial charge in [0.15, 0.2) is 0 Å². The van der Waals surface area contributed by atoms with E-state index in [9.17, 15) is 44.3 Å². The highest BCUT2D eigenvalue weighted by atomic mass is 32.2. The smallest absolute Gasteiger partial charge is 0.427 e. The fourth-order valence-electron chi connectivity index (χ4n) is 3.94. The quantitative estimate of drug-likeness (QED) is 0.435. The number of hydrogen-bond acceptors (Lipinski definition) is 6. The van der Waals surface area contributed by atoms with Gasteiger partial charge in [-0.2, -0.15) is 13.2 Å². The van der Waals surface area contributed by atoms with E-state index in [0.29, 0.717) is 13.8 Å². The number of ether oxygens (including phenoxy) is 2. The lowest BCUT2D eigenvalue weighted by Gasteiger charge is -2.36. The SMILES string of the molecule is CC(C)(OC(=O)Nc1ccc2c(c1)N(S(=O)(=O)c1ccc(F)cc1)C[C@H](CNC(=O)C1(C)CC1(F)F)O2)C(F)(F)F. The summed E-state index contributed by atoms with van der Waals surface area (Å²) in [5, 5.41) is 4.46. The molecule has 2 N–H and O–H groups in total. The summed E-state index contributed by atoms with van der Waals surface area (Å²) < 4.78 is 118. The Morgan fingerprint density at radius 1 is 1.12 bits per heavy atom. The van der Waals surface area contributed by atoms with E-state index in [4.69, 9.17) is 4.74 Å². The number of carbonyl (C=O) groups excluding carboxylic acids is 2. The molecule has 1 fully saturated rings. The van der Waals surface area contributed by atoms with Crippen molar-refractivity contribution in [2.24, 2.45) is 5.41 Å². The topological polar surface area (TPSA) is 114 Å². The Kier molecular flexibility index (Phi) is 7.38. The number of anilines is 2. The molecule has 1 aliphatic carbocycles. The van der Waals surface area contributed by atoms with E-state index in [1.54, 1.807) is 0 Å². The largest absolute Gasteiger partial charge is 0.484 e. The van der Waals surface area contributed by atoms with Crippen LogP contribution >= 0.6 is 0 Å². The van der Waals surface area contributed by atoms with Crippen LogP contribution in [-0.2, 0) is 19.6 Å². The molecule has 2 aliphatic rings. The van der Waals surface area contributed by atoms with Crippen molar-refractivity contribution >= 4 is 33.4 Å². The van der Waals surface area contributed by atoms with Gasteiger partial charge < -0.3 is 14.8 Å². The highest BCUT2D eigenvalue weighted by Gasteiger charge is 2.72. The fraction of sp³-hybridized carbons (Fsp3) is 0.440. The van der Waals surface area contributed by atoms with Crippen molar-refractivity contribution in [1.82, 2.24) is 5.32 Å². The minimum atomic E-state index is -4.87. The zero-order valence-corrected chi connectivity index (χ0v) is 22.6. The number of fused-ring (bicyclic) bond motifs is 1. The molecule has 41 heavy (non-hydrogen) atoms. The second-order valence-corrected chi connectivity index (χ2v) is 12.2. The maximum absolute atomic E-state index is 13.6. The molecule has 1 heterocycles. The normalized spacial score (nSPS) is 21.8. The van der Waals surface area contributed by atoms with E-state index >= 15 is 0 Å². The van der Waals surface area contributed by atoms with Crippen LogP contribution < -0.4 is 19.7 Å². The van der Waals surface area contributed by atoms with Gasteiger partial charge in [-0.25, -0.2) is 26.4 Å². The lowest BCUT2D eigenvalue weighted by Crippen LogP contribution is -2.49. The maximum atomic E-state index is 13.6. The predicted octanol–water partition coefficient (Wildman–Crippen LogP) is 4.83. The van der Waals surface area contributed by atoms with Crippen molar-refractivity contribution < 1.29 is 53.8 Å². The Morgan fingerprint density at radius 2 is 1.73 bits per heavy atom. The van der Waals surface area contributed by atoms with E-state index in [1.807, 2.05) is 0 Å².